The van der Waals surface area contributed by atoms with Gasteiger partial charge < -0.3 is 24.7 Å². The van der Waals surface area contributed by atoms with Crippen LogP contribution in [0, 0.1) is 11.6 Å². The summed E-state index contributed by atoms with van der Waals surface area (Å²) in [6.07, 6.45) is 2.18. The van der Waals surface area contributed by atoms with Gasteiger partial charge in [-0.05, 0) is 25.0 Å². The maximum atomic E-state index is 13.8. The van der Waals surface area contributed by atoms with Gasteiger partial charge in [-0.3, -0.25) is 14.5 Å². The predicted octanol–water partition coefficient (Wildman–Crippen LogP) is 1.94. The maximum absolute atomic E-state index is 13.8. The molecule has 2 aromatic heterocycles. The average molecular weight is 512 g/mol. The topological polar surface area (TPSA) is 128 Å². The molecule has 13 heteroatoms. The Labute approximate surface area is 208 Å². The summed E-state index contributed by atoms with van der Waals surface area (Å²) >= 11 is 0. The van der Waals surface area contributed by atoms with E-state index in [2.05, 4.69) is 20.6 Å². The standard InChI is InChI=1S/C24H22F2N6O5/c25-13-8-15-17(9-14(13)26)31(22(34)10-28-15)6-5-27-12-1-2-16-19(7-12)37-24(35)32(16)20-4-3-18-23(29-20)30-21(33)11-36-18/h3-4,8-10,12,16,19,27H,1-2,5-7,11H2,(H,29,30,33)/t12-,16-,19-/m0/s1. The van der Waals surface area contributed by atoms with E-state index < -0.39 is 23.3 Å². The number of benzene rings is 1. The number of pyridine rings is 1. The number of hydrogen-bond acceptors (Lipinski definition) is 8. The van der Waals surface area contributed by atoms with Crippen molar-refractivity contribution < 1.29 is 27.8 Å². The van der Waals surface area contributed by atoms with E-state index in [0.717, 1.165) is 24.8 Å². The van der Waals surface area contributed by atoms with Crippen molar-refractivity contribution in [1.29, 1.82) is 0 Å². The monoisotopic (exact) mass is 512 g/mol. The second-order valence-electron chi connectivity index (χ2n) is 9.18. The Morgan fingerprint density at radius 1 is 1.14 bits per heavy atom. The number of carbonyl (C=O) groups excluding carboxylic acids is 2. The molecule has 1 saturated heterocycles. The van der Waals surface area contributed by atoms with Crippen molar-refractivity contribution in [3.05, 3.63) is 52.5 Å². The van der Waals surface area contributed by atoms with Crippen molar-refractivity contribution in [1.82, 2.24) is 19.9 Å². The van der Waals surface area contributed by atoms with Crippen molar-refractivity contribution in [2.45, 2.75) is 44.0 Å². The number of amides is 2. The lowest BCUT2D eigenvalue weighted by molar-refractivity contribution is -0.118. The summed E-state index contributed by atoms with van der Waals surface area (Å²) < 4.78 is 39.7. The first kappa shape index (κ1) is 23.3. The van der Waals surface area contributed by atoms with Gasteiger partial charge in [0.2, 0.25) is 0 Å². The van der Waals surface area contributed by atoms with Crippen LogP contribution in [0.25, 0.3) is 11.0 Å². The number of fused-ring (bicyclic) bond motifs is 3. The molecule has 0 spiro atoms. The van der Waals surface area contributed by atoms with Gasteiger partial charge in [0.25, 0.3) is 11.5 Å². The van der Waals surface area contributed by atoms with Gasteiger partial charge in [-0.2, -0.15) is 0 Å². The predicted molar refractivity (Wildman–Crippen MR) is 126 cm³/mol. The molecular formula is C24H22F2N6O5. The molecule has 11 nitrogen and oxygen atoms in total. The van der Waals surface area contributed by atoms with Gasteiger partial charge >= 0.3 is 6.09 Å². The molecule has 6 rings (SSSR count). The Balaban J connectivity index is 1.11. The summed E-state index contributed by atoms with van der Waals surface area (Å²) in [6, 6.07) is 5.08. The van der Waals surface area contributed by atoms with Gasteiger partial charge in [0, 0.05) is 37.7 Å². The van der Waals surface area contributed by atoms with Crippen LogP contribution < -0.4 is 25.8 Å². The molecule has 37 heavy (non-hydrogen) atoms. The SMILES string of the molecule is O=C1COc2ccc(N3C(=O)O[C@H]4C[C@@H](NCCn5c(=O)cnc6cc(F)c(F)cc65)CC[C@@H]43)nc2N1. The molecule has 2 N–H and O–H groups in total. The molecular weight excluding hydrogens is 490 g/mol. The average Bonchev–Trinajstić information content (AvgIpc) is 3.21. The molecule has 0 bridgehead atoms. The molecule has 4 heterocycles. The molecule has 3 aromatic rings. The summed E-state index contributed by atoms with van der Waals surface area (Å²) in [5.41, 5.74) is -0.00110. The number of hydrogen-bond donors (Lipinski definition) is 2. The van der Waals surface area contributed by atoms with Crippen LogP contribution in [0.3, 0.4) is 0 Å². The van der Waals surface area contributed by atoms with Crippen molar-refractivity contribution in [2.75, 3.05) is 23.4 Å². The van der Waals surface area contributed by atoms with Crippen LogP contribution in [0.1, 0.15) is 19.3 Å². The Kier molecular flexibility index (Phi) is 5.71. The molecule has 2 fully saturated rings. The third kappa shape index (κ3) is 4.24. The fourth-order valence-electron chi connectivity index (χ4n) is 5.16. The van der Waals surface area contributed by atoms with Gasteiger partial charge in [-0.1, -0.05) is 0 Å². The fourth-order valence-corrected chi connectivity index (χ4v) is 5.16. The van der Waals surface area contributed by atoms with E-state index in [-0.39, 0.29) is 54.1 Å². The van der Waals surface area contributed by atoms with Crippen molar-refractivity contribution in [3.8, 4) is 5.75 Å². The molecule has 1 aromatic carbocycles. The lowest BCUT2D eigenvalue weighted by atomic mass is 9.88. The van der Waals surface area contributed by atoms with E-state index in [1.807, 2.05) is 0 Å². The fraction of sp³-hybridized carbons (Fsp3) is 0.375. The first-order valence-electron chi connectivity index (χ1n) is 11.9. The summed E-state index contributed by atoms with van der Waals surface area (Å²) in [5.74, 6) is -1.30. The first-order valence-corrected chi connectivity index (χ1v) is 11.9. The minimum atomic E-state index is -1.05. The number of nitrogens with one attached hydrogen (secondary N) is 2. The number of ether oxygens (including phenoxy) is 2. The molecule has 0 unspecified atom stereocenters. The van der Waals surface area contributed by atoms with Gasteiger partial charge in [0.1, 0.15) is 11.9 Å². The highest BCUT2D eigenvalue weighted by Crippen LogP contribution is 2.37. The van der Waals surface area contributed by atoms with Crippen molar-refractivity contribution in [2.24, 2.45) is 0 Å². The van der Waals surface area contributed by atoms with Gasteiger partial charge in [0.15, 0.2) is 29.8 Å². The second kappa shape index (κ2) is 9.07. The maximum Gasteiger partial charge on any atom is 0.416 e. The molecule has 192 valence electrons. The van der Waals surface area contributed by atoms with Crippen LogP contribution in [0.5, 0.6) is 5.75 Å². The van der Waals surface area contributed by atoms with Gasteiger partial charge in [0.05, 0.1) is 23.3 Å². The Bertz CT molecular complexity index is 1480. The third-order valence-corrected chi connectivity index (χ3v) is 6.90. The number of rotatable bonds is 5. The lowest BCUT2D eigenvalue weighted by Gasteiger charge is -2.33. The van der Waals surface area contributed by atoms with E-state index in [1.54, 1.807) is 12.1 Å². The van der Waals surface area contributed by atoms with Crippen LogP contribution in [0.15, 0.2) is 35.3 Å². The zero-order chi connectivity index (χ0) is 25.7. The highest BCUT2D eigenvalue weighted by Gasteiger charge is 2.46. The summed E-state index contributed by atoms with van der Waals surface area (Å²) in [4.78, 5) is 46.5. The van der Waals surface area contributed by atoms with Gasteiger partial charge in [-0.25, -0.2) is 23.5 Å². The molecule has 3 aliphatic rings. The highest BCUT2D eigenvalue weighted by atomic mass is 19.2. The smallest absolute Gasteiger partial charge is 0.416 e. The number of aromatic nitrogens is 3. The number of anilines is 2. The Morgan fingerprint density at radius 3 is 2.84 bits per heavy atom. The zero-order valence-corrected chi connectivity index (χ0v) is 19.4. The molecule has 1 aliphatic carbocycles. The van der Waals surface area contributed by atoms with Crippen LogP contribution in [-0.4, -0.2) is 57.9 Å². The van der Waals surface area contributed by atoms with E-state index in [0.29, 0.717) is 31.0 Å². The zero-order valence-electron chi connectivity index (χ0n) is 19.4. The number of carbonyl (C=O) groups is 2. The van der Waals surface area contributed by atoms with Crippen LogP contribution in [0.4, 0.5) is 25.2 Å². The molecule has 2 aliphatic heterocycles. The lowest BCUT2D eigenvalue weighted by Crippen LogP contribution is -2.46. The largest absolute Gasteiger partial charge is 0.480 e. The summed E-state index contributed by atoms with van der Waals surface area (Å²) in [5, 5.41) is 6.02. The third-order valence-electron chi connectivity index (χ3n) is 6.90. The Hall–Kier alpha value is -4.13. The molecule has 1 saturated carbocycles. The second-order valence-corrected chi connectivity index (χ2v) is 9.18. The summed E-state index contributed by atoms with van der Waals surface area (Å²) in [7, 11) is 0. The molecule has 2 amide bonds. The van der Waals surface area contributed by atoms with Crippen LogP contribution in [0.2, 0.25) is 0 Å². The van der Waals surface area contributed by atoms with E-state index in [1.165, 1.54) is 9.47 Å². The van der Waals surface area contributed by atoms with Crippen LogP contribution in [-0.2, 0) is 16.1 Å². The van der Waals surface area contributed by atoms with Crippen LogP contribution >= 0.6 is 0 Å². The van der Waals surface area contributed by atoms with E-state index in [9.17, 15) is 23.2 Å². The minimum absolute atomic E-state index is 0.0242. The normalized spacial score (nSPS) is 22.8. The summed E-state index contributed by atoms with van der Waals surface area (Å²) in [6.45, 7) is 0.538. The van der Waals surface area contributed by atoms with Crippen molar-refractivity contribution in [3.63, 3.8) is 0 Å². The number of nitrogens with zero attached hydrogens (tertiary/aromatic N) is 4. The van der Waals surface area contributed by atoms with E-state index >= 15 is 0 Å². The molecule has 0 radical (unpaired) electrons. The van der Waals surface area contributed by atoms with Crippen molar-refractivity contribution >= 4 is 34.7 Å². The highest BCUT2D eigenvalue weighted by molar-refractivity contribution is 5.95. The quantitative estimate of drug-likeness (QED) is 0.531. The minimum Gasteiger partial charge on any atom is -0.480 e. The van der Waals surface area contributed by atoms with Gasteiger partial charge in [-0.15, -0.1) is 0 Å². The Morgan fingerprint density at radius 2 is 1.97 bits per heavy atom. The first-order chi connectivity index (χ1) is 17.9. The van der Waals surface area contributed by atoms with E-state index in [4.69, 9.17) is 9.47 Å². The number of halogens is 2. The molecule has 3 atom stereocenters.